The monoisotopic (exact) mass is 484 g/mol. The van der Waals surface area contributed by atoms with Crippen LogP contribution in [-0.4, -0.2) is 47.8 Å². The summed E-state index contributed by atoms with van der Waals surface area (Å²) >= 11 is 0. The van der Waals surface area contributed by atoms with Crippen molar-refractivity contribution in [3.05, 3.63) is 48.0 Å². The Balaban J connectivity index is 2.02. The van der Waals surface area contributed by atoms with Crippen LogP contribution in [0.3, 0.4) is 0 Å². The number of amides is 2. The summed E-state index contributed by atoms with van der Waals surface area (Å²) < 4.78 is 11.2. The lowest BCUT2D eigenvalue weighted by Crippen LogP contribution is -2.57. The molecule has 2 amide bonds. The number of hydrogen-bond acceptors (Lipinski definition) is 6. The summed E-state index contributed by atoms with van der Waals surface area (Å²) in [6.45, 7) is 11.6. The Morgan fingerprint density at radius 1 is 1.14 bits per heavy atom. The molecule has 0 aliphatic carbocycles. The number of esters is 1. The molecule has 1 saturated heterocycles. The quantitative estimate of drug-likeness (QED) is 0.301. The normalized spacial score (nSPS) is 22.1. The highest BCUT2D eigenvalue weighted by atomic mass is 16.5. The fraction of sp³-hybridized carbons (Fsp3) is 0.519. The Morgan fingerprint density at radius 3 is 2.43 bits per heavy atom. The van der Waals surface area contributed by atoms with Crippen LogP contribution in [0.5, 0.6) is 0 Å². The maximum atomic E-state index is 13.8. The van der Waals surface area contributed by atoms with Crippen molar-refractivity contribution in [3.63, 3.8) is 0 Å². The van der Waals surface area contributed by atoms with Crippen molar-refractivity contribution in [1.82, 2.24) is 10.8 Å². The number of rotatable bonds is 8. The highest BCUT2D eigenvalue weighted by molar-refractivity contribution is 5.93. The minimum absolute atomic E-state index is 0.159. The summed E-state index contributed by atoms with van der Waals surface area (Å²) in [4.78, 5) is 39.1. The molecule has 4 atom stereocenters. The molecule has 0 radical (unpaired) electrons. The minimum atomic E-state index is -1.28. The number of nitrogens with one attached hydrogen (secondary N) is 2. The molecule has 8 heteroatoms. The standard InChI is InChI=1S/C27H36N2O6/c1-16(2)35-21(24(31)29-33)20(14-18-12-9-11-17-10-7-8-13-19(17)18)23(30)28-22-25(32)34-15-27(22,6)26(3,4)5/h7-13,16,20-22,33H,14-15H2,1-6H3,(H,28,30)(H,29,31)/t20?,21?,22-,27?/m1/s1. The van der Waals surface area contributed by atoms with E-state index >= 15 is 0 Å². The Kier molecular flexibility index (Phi) is 7.87. The molecular formula is C27H36N2O6. The molecule has 1 aliphatic heterocycles. The maximum Gasteiger partial charge on any atom is 0.329 e. The fourth-order valence-electron chi connectivity index (χ4n) is 4.51. The van der Waals surface area contributed by atoms with Gasteiger partial charge in [-0.25, -0.2) is 10.3 Å². The number of ether oxygens (including phenoxy) is 2. The van der Waals surface area contributed by atoms with Gasteiger partial charge in [-0.05, 0) is 42.0 Å². The van der Waals surface area contributed by atoms with Crippen LogP contribution < -0.4 is 10.8 Å². The van der Waals surface area contributed by atoms with Crippen molar-refractivity contribution in [2.45, 2.75) is 66.2 Å². The van der Waals surface area contributed by atoms with Gasteiger partial charge in [-0.3, -0.25) is 14.8 Å². The molecule has 190 valence electrons. The van der Waals surface area contributed by atoms with E-state index in [1.807, 2.05) is 70.2 Å². The molecule has 1 aliphatic rings. The predicted octanol–water partition coefficient (Wildman–Crippen LogP) is 3.39. The van der Waals surface area contributed by atoms with Crippen molar-refractivity contribution in [1.29, 1.82) is 0 Å². The van der Waals surface area contributed by atoms with E-state index in [-0.39, 0.29) is 18.4 Å². The second kappa shape index (κ2) is 10.3. The molecule has 0 saturated carbocycles. The zero-order valence-corrected chi connectivity index (χ0v) is 21.3. The van der Waals surface area contributed by atoms with Gasteiger partial charge in [-0.1, -0.05) is 70.2 Å². The zero-order valence-electron chi connectivity index (χ0n) is 21.3. The van der Waals surface area contributed by atoms with E-state index in [1.54, 1.807) is 19.3 Å². The van der Waals surface area contributed by atoms with E-state index in [2.05, 4.69) is 5.32 Å². The Morgan fingerprint density at radius 2 is 1.80 bits per heavy atom. The fourth-order valence-corrected chi connectivity index (χ4v) is 4.51. The number of cyclic esters (lactones) is 1. The van der Waals surface area contributed by atoms with Crippen LogP contribution in [-0.2, 0) is 30.3 Å². The van der Waals surface area contributed by atoms with E-state index in [0.717, 1.165) is 16.3 Å². The molecule has 2 aromatic rings. The Labute approximate surface area is 206 Å². The highest BCUT2D eigenvalue weighted by Gasteiger charge is 2.55. The second-order valence-corrected chi connectivity index (χ2v) is 10.7. The van der Waals surface area contributed by atoms with Gasteiger partial charge in [0.2, 0.25) is 5.91 Å². The first-order chi connectivity index (χ1) is 16.4. The third kappa shape index (κ3) is 5.49. The largest absolute Gasteiger partial charge is 0.463 e. The van der Waals surface area contributed by atoms with Gasteiger partial charge in [0.25, 0.3) is 5.91 Å². The number of hydrogen-bond donors (Lipinski definition) is 3. The summed E-state index contributed by atoms with van der Waals surface area (Å²) in [6, 6.07) is 12.6. The Hall–Kier alpha value is -2.97. The van der Waals surface area contributed by atoms with Crippen molar-refractivity contribution >= 4 is 28.6 Å². The third-order valence-electron chi connectivity index (χ3n) is 7.20. The molecule has 0 spiro atoms. The van der Waals surface area contributed by atoms with Crippen LogP contribution in [0, 0.1) is 16.7 Å². The lowest BCUT2D eigenvalue weighted by atomic mass is 9.65. The van der Waals surface area contributed by atoms with Gasteiger partial charge >= 0.3 is 5.97 Å². The summed E-state index contributed by atoms with van der Waals surface area (Å²) in [5.74, 6) is -2.88. The van der Waals surface area contributed by atoms with Crippen LogP contribution in [0.25, 0.3) is 10.8 Å². The second-order valence-electron chi connectivity index (χ2n) is 10.7. The smallest absolute Gasteiger partial charge is 0.329 e. The molecule has 3 unspecified atom stereocenters. The van der Waals surface area contributed by atoms with Crippen molar-refractivity contribution < 1.29 is 29.1 Å². The van der Waals surface area contributed by atoms with Crippen LogP contribution in [0.15, 0.2) is 42.5 Å². The van der Waals surface area contributed by atoms with Gasteiger partial charge in [0.15, 0.2) is 6.10 Å². The van der Waals surface area contributed by atoms with Gasteiger partial charge in [0, 0.05) is 5.41 Å². The van der Waals surface area contributed by atoms with Crippen molar-refractivity contribution in [3.8, 4) is 0 Å². The average molecular weight is 485 g/mol. The van der Waals surface area contributed by atoms with Crippen molar-refractivity contribution in [2.24, 2.45) is 16.7 Å². The molecule has 3 N–H and O–H groups in total. The minimum Gasteiger partial charge on any atom is -0.463 e. The third-order valence-corrected chi connectivity index (χ3v) is 7.20. The van der Waals surface area contributed by atoms with E-state index in [0.29, 0.717) is 0 Å². The topological polar surface area (TPSA) is 114 Å². The van der Waals surface area contributed by atoms with E-state index in [4.69, 9.17) is 9.47 Å². The summed E-state index contributed by atoms with van der Waals surface area (Å²) in [6.07, 6.45) is -1.51. The number of benzene rings is 2. The van der Waals surface area contributed by atoms with Gasteiger partial charge in [0.1, 0.15) is 6.04 Å². The molecule has 2 aromatic carbocycles. The van der Waals surface area contributed by atoms with Gasteiger partial charge in [-0.15, -0.1) is 0 Å². The highest BCUT2D eigenvalue weighted by Crippen LogP contribution is 2.45. The number of carbonyl (C=O) groups is 3. The lowest BCUT2D eigenvalue weighted by Gasteiger charge is -2.40. The van der Waals surface area contributed by atoms with E-state index < -0.39 is 47.4 Å². The number of carbonyl (C=O) groups excluding carboxylic acids is 3. The van der Waals surface area contributed by atoms with E-state index in [1.165, 1.54) is 0 Å². The van der Waals surface area contributed by atoms with Crippen LogP contribution in [0.2, 0.25) is 0 Å². The molecule has 3 rings (SSSR count). The molecule has 0 aromatic heterocycles. The van der Waals surface area contributed by atoms with Crippen LogP contribution in [0.1, 0.15) is 47.1 Å². The molecule has 35 heavy (non-hydrogen) atoms. The predicted molar refractivity (Wildman–Crippen MR) is 132 cm³/mol. The first-order valence-corrected chi connectivity index (χ1v) is 11.9. The first-order valence-electron chi connectivity index (χ1n) is 11.9. The van der Waals surface area contributed by atoms with Crippen molar-refractivity contribution in [2.75, 3.05) is 6.61 Å². The van der Waals surface area contributed by atoms with E-state index in [9.17, 15) is 19.6 Å². The number of fused-ring (bicyclic) bond motifs is 1. The first kappa shape index (κ1) is 26.6. The molecule has 1 fully saturated rings. The zero-order chi connectivity index (χ0) is 26.0. The van der Waals surface area contributed by atoms with Crippen LogP contribution >= 0.6 is 0 Å². The molecular weight excluding hydrogens is 448 g/mol. The summed E-state index contributed by atoms with van der Waals surface area (Å²) in [5, 5.41) is 14.2. The maximum absolute atomic E-state index is 13.8. The lowest BCUT2D eigenvalue weighted by molar-refractivity contribution is -0.155. The number of hydroxylamine groups is 1. The average Bonchev–Trinajstić information content (AvgIpc) is 3.10. The molecule has 1 heterocycles. The molecule has 0 bridgehead atoms. The SMILES string of the molecule is CC(C)OC(C(=O)NO)C(Cc1cccc2ccccc12)C(=O)N[C@@H]1C(=O)OCC1(C)C(C)(C)C. The summed E-state index contributed by atoms with van der Waals surface area (Å²) in [7, 11) is 0. The Bertz CT molecular complexity index is 1090. The van der Waals surface area contributed by atoms with Gasteiger partial charge in [0.05, 0.1) is 18.6 Å². The van der Waals surface area contributed by atoms with Gasteiger partial charge < -0.3 is 14.8 Å². The van der Waals surface area contributed by atoms with Crippen LogP contribution in [0.4, 0.5) is 0 Å². The summed E-state index contributed by atoms with van der Waals surface area (Å²) in [5.41, 5.74) is 1.48. The van der Waals surface area contributed by atoms with Gasteiger partial charge in [-0.2, -0.15) is 0 Å². The molecule has 8 nitrogen and oxygen atoms in total.